The maximum atomic E-state index is 9.44. The molecule has 2 nitrogen and oxygen atoms in total. The number of ether oxygens (including phenoxy) is 1. The molecule has 0 aliphatic carbocycles. The molecule has 0 bridgehead atoms. The number of rotatable bonds is 2. The summed E-state index contributed by atoms with van der Waals surface area (Å²) in [6, 6.07) is 10.1. The highest BCUT2D eigenvalue weighted by molar-refractivity contribution is 5.72. The van der Waals surface area contributed by atoms with Crippen LogP contribution in [-0.4, -0.2) is 12.9 Å². The highest BCUT2D eigenvalue weighted by Gasteiger charge is 1.84. The summed E-state index contributed by atoms with van der Waals surface area (Å²) in [7, 11) is 1.70. The molecule has 0 radical (unpaired) electrons. The van der Waals surface area contributed by atoms with Crippen LogP contribution in [0.4, 0.5) is 0 Å². The number of hydrogen-bond acceptors (Lipinski definition) is 2. The van der Waals surface area contributed by atoms with Crippen molar-refractivity contribution >= 4 is 5.78 Å². The van der Waals surface area contributed by atoms with Gasteiger partial charge in [-0.3, -0.25) is 0 Å². The number of ketones is 1. The average molecular weight is 180 g/mol. The fraction of sp³-hybridized carbons (Fsp3) is 0.364. The smallest absolute Gasteiger partial charge is 0.126 e. The van der Waals surface area contributed by atoms with Crippen LogP contribution in [0, 0.1) is 0 Å². The Balaban J connectivity index is 0.000000310. The Morgan fingerprint density at radius 1 is 1.23 bits per heavy atom. The van der Waals surface area contributed by atoms with Crippen LogP contribution in [0.5, 0.6) is 0 Å². The zero-order valence-electron chi connectivity index (χ0n) is 8.41. The van der Waals surface area contributed by atoms with E-state index in [0.717, 1.165) is 0 Å². The molecule has 0 aliphatic heterocycles. The molecule has 0 heterocycles. The Bertz CT molecular complexity index is 225. The molecular formula is C11H16O2. The number of methoxy groups -OCH3 is 1. The molecule has 0 saturated heterocycles. The molecule has 2 heteroatoms. The molecule has 1 aromatic carbocycles. The van der Waals surface area contributed by atoms with Crippen molar-refractivity contribution in [1.29, 1.82) is 0 Å². The third kappa shape index (κ3) is 8.76. The van der Waals surface area contributed by atoms with Gasteiger partial charge >= 0.3 is 0 Å². The largest absolute Gasteiger partial charge is 0.380 e. The summed E-state index contributed by atoms with van der Waals surface area (Å²) in [6.07, 6.45) is 0. The summed E-state index contributed by atoms with van der Waals surface area (Å²) in [5, 5.41) is 0. The molecule has 1 rings (SSSR count). The maximum Gasteiger partial charge on any atom is 0.126 e. The molecule has 0 N–H and O–H groups in total. The predicted molar refractivity (Wildman–Crippen MR) is 53.5 cm³/mol. The van der Waals surface area contributed by atoms with Crippen molar-refractivity contribution in [2.24, 2.45) is 0 Å². The lowest BCUT2D eigenvalue weighted by molar-refractivity contribution is -0.114. The lowest BCUT2D eigenvalue weighted by atomic mass is 10.2. The fourth-order valence-electron chi connectivity index (χ4n) is 0.741. The van der Waals surface area contributed by atoms with Gasteiger partial charge in [-0.2, -0.15) is 0 Å². The Kier molecular flexibility index (Phi) is 6.83. The highest BCUT2D eigenvalue weighted by atomic mass is 16.5. The number of hydrogen-bond donors (Lipinski definition) is 0. The van der Waals surface area contributed by atoms with Gasteiger partial charge in [0.2, 0.25) is 0 Å². The van der Waals surface area contributed by atoms with E-state index in [1.807, 2.05) is 30.3 Å². The lowest BCUT2D eigenvalue weighted by Crippen LogP contribution is -1.84. The quantitative estimate of drug-likeness (QED) is 0.698. The van der Waals surface area contributed by atoms with Gasteiger partial charge in [0.05, 0.1) is 6.61 Å². The molecule has 0 fully saturated rings. The van der Waals surface area contributed by atoms with Crippen molar-refractivity contribution in [1.82, 2.24) is 0 Å². The Labute approximate surface area is 79.5 Å². The molecule has 0 amide bonds. The minimum atomic E-state index is 0.167. The van der Waals surface area contributed by atoms with Crippen molar-refractivity contribution < 1.29 is 9.53 Å². The van der Waals surface area contributed by atoms with Crippen molar-refractivity contribution in [3.05, 3.63) is 35.9 Å². The summed E-state index contributed by atoms with van der Waals surface area (Å²) < 4.78 is 4.93. The molecule has 13 heavy (non-hydrogen) atoms. The van der Waals surface area contributed by atoms with Crippen molar-refractivity contribution in [3.8, 4) is 0 Å². The van der Waals surface area contributed by atoms with Crippen LogP contribution in [0.25, 0.3) is 0 Å². The van der Waals surface area contributed by atoms with Crippen molar-refractivity contribution in [3.63, 3.8) is 0 Å². The number of benzene rings is 1. The van der Waals surface area contributed by atoms with E-state index in [0.29, 0.717) is 6.61 Å². The van der Waals surface area contributed by atoms with Crippen LogP contribution in [0.1, 0.15) is 19.4 Å². The number of Topliss-reactive ketones (excluding diaryl/α,β-unsaturated/α-hetero) is 1. The third-order valence-corrected chi connectivity index (χ3v) is 1.15. The first-order valence-corrected chi connectivity index (χ1v) is 4.17. The second-order valence-corrected chi connectivity index (χ2v) is 2.83. The zero-order chi connectivity index (χ0) is 10.1. The van der Waals surface area contributed by atoms with Gasteiger partial charge in [-0.05, 0) is 19.4 Å². The van der Waals surface area contributed by atoms with E-state index in [4.69, 9.17) is 4.74 Å². The molecule has 1 aromatic rings. The van der Waals surface area contributed by atoms with Gasteiger partial charge < -0.3 is 9.53 Å². The molecule has 0 unspecified atom stereocenters. The van der Waals surface area contributed by atoms with E-state index in [-0.39, 0.29) is 5.78 Å². The molecule has 0 aromatic heterocycles. The van der Waals surface area contributed by atoms with E-state index in [9.17, 15) is 4.79 Å². The van der Waals surface area contributed by atoms with Crippen molar-refractivity contribution in [2.45, 2.75) is 20.5 Å². The van der Waals surface area contributed by atoms with Gasteiger partial charge in [-0.15, -0.1) is 0 Å². The molecule has 0 saturated carbocycles. The number of carbonyl (C=O) groups is 1. The maximum absolute atomic E-state index is 9.44. The highest BCUT2D eigenvalue weighted by Crippen LogP contribution is 1.98. The van der Waals surface area contributed by atoms with Crippen LogP contribution in [0.2, 0.25) is 0 Å². The summed E-state index contributed by atoms with van der Waals surface area (Å²) in [5.41, 5.74) is 1.22. The summed E-state index contributed by atoms with van der Waals surface area (Å²) in [4.78, 5) is 9.44. The first kappa shape index (κ1) is 11.8. The number of carbonyl (C=O) groups excluding carboxylic acids is 1. The Morgan fingerprint density at radius 3 is 2.08 bits per heavy atom. The second kappa shape index (κ2) is 7.50. The van der Waals surface area contributed by atoms with Crippen LogP contribution in [0.15, 0.2) is 30.3 Å². The minimum Gasteiger partial charge on any atom is -0.380 e. The zero-order valence-corrected chi connectivity index (χ0v) is 8.41. The van der Waals surface area contributed by atoms with Gasteiger partial charge in [-0.25, -0.2) is 0 Å². The first-order chi connectivity index (χ1) is 6.16. The van der Waals surface area contributed by atoms with Gasteiger partial charge in [0, 0.05) is 7.11 Å². The molecule has 0 aliphatic rings. The summed E-state index contributed by atoms with van der Waals surface area (Å²) in [5.74, 6) is 0.167. The van der Waals surface area contributed by atoms with Crippen LogP contribution in [0.3, 0.4) is 0 Å². The second-order valence-electron chi connectivity index (χ2n) is 2.83. The average Bonchev–Trinajstić information content (AvgIpc) is 2.06. The monoisotopic (exact) mass is 180 g/mol. The van der Waals surface area contributed by atoms with E-state index in [2.05, 4.69) is 0 Å². The predicted octanol–water partition coefficient (Wildman–Crippen LogP) is 2.43. The van der Waals surface area contributed by atoms with E-state index in [1.165, 1.54) is 19.4 Å². The Morgan fingerprint density at radius 2 is 1.69 bits per heavy atom. The van der Waals surface area contributed by atoms with E-state index in [1.54, 1.807) is 7.11 Å². The van der Waals surface area contributed by atoms with Gasteiger partial charge in [0.1, 0.15) is 5.78 Å². The molecule has 72 valence electrons. The van der Waals surface area contributed by atoms with Gasteiger partial charge in [0.15, 0.2) is 0 Å². The van der Waals surface area contributed by atoms with Gasteiger partial charge in [0.25, 0.3) is 0 Å². The minimum absolute atomic E-state index is 0.167. The van der Waals surface area contributed by atoms with Crippen molar-refractivity contribution in [2.75, 3.05) is 7.11 Å². The van der Waals surface area contributed by atoms with Crippen LogP contribution >= 0.6 is 0 Å². The van der Waals surface area contributed by atoms with Crippen LogP contribution < -0.4 is 0 Å². The van der Waals surface area contributed by atoms with E-state index >= 15 is 0 Å². The fourth-order valence-corrected chi connectivity index (χ4v) is 0.741. The normalized spacial score (nSPS) is 8.54. The molecule has 0 atom stereocenters. The molecular weight excluding hydrogens is 164 g/mol. The first-order valence-electron chi connectivity index (χ1n) is 4.17. The summed E-state index contributed by atoms with van der Waals surface area (Å²) in [6.45, 7) is 3.76. The summed E-state index contributed by atoms with van der Waals surface area (Å²) >= 11 is 0. The van der Waals surface area contributed by atoms with Gasteiger partial charge in [-0.1, -0.05) is 30.3 Å². The van der Waals surface area contributed by atoms with E-state index < -0.39 is 0 Å². The molecule has 0 spiro atoms. The topological polar surface area (TPSA) is 26.3 Å². The van der Waals surface area contributed by atoms with Crippen LogP contribution in [-0.2, 0) is 16.1 Å². The SMILES string of the molecule is CC(C)=O.COCc1ccccc1. The lowest BCUT2D eigenvalue weighted by Gasteiger charge is -1.95. The third-order valence-electron chi connectivity index (χ3n) is 1.15. The standard InChI is InChI=1S/C8H10O.C3H6O/c1-9-7-8-5-3-2-4-6-8;1-3(2)4/h2-6H,7H2,1H3;1-2H3. The Hall–Kier alpha value is -1.15.